The molecule has 1 aromatic carbocycles. The second kappa shape index (κ2) is 5.85. The molecule has 15 heavy (non-hydrogen) atoms. The number of hydrogen-bond donors (Lipinski definition) is 2. The Bertz CT molecular complexity index is 267. The van der Waals surface area contributed by atoms with Gasteiger partial charge in [0.2, 0.25) is 0 Å². The summed E-state index contributed by atoms with van der Waals surface area (Å²) in [6.45, 7) is 6.50. The van der Waals surface area contributed by atoms with Crippen molar-refractivity contribution < 1.29 is 0 Å². The summed E-state index contributed by atoms with van der Waals surface area (Å²) in [6.07, 6.45) is 0. The Labute approximate surface area is 91.5 Å². The quantitative estimate of drug-likeness (QED) is 0.755. The van der Waals surface area contributed by atoms with Gasteiger partial charge in [0.05, 0.1) is 0 Å². The molecule has 0 amide bonds. The average molecular weight is 205 g/mol. The molecular formula is C12H19N3. The molecule has 1 heterocycles. The second-order valence-corrected chi connectivity index (χ2v) is 3.94. The minimum Gasteiger partial charge on any atom is -0.314 e. The fourth-order valence-corrected chi connectivity index (χ4v) is 1.82. The fourth-order valence-electron chi connectivity index (χ4n) is 1.82. The molecule has 1 aliphatic rings. The van der Waals surface area contributed by atoms with Crippen molar-refractivity contribution >= 4 is 0 Å². The van der Waals surface area contributed by atoms with Crippen LogP contribution in [-0.2, 0) is 6.54 Å². The molecule has 0 aromatic heterocycles. The third kappa shape index (κ3) is 3.63. The van der Waals surface area contributed by atoms with Crippen molar-refractivity contribution in [3.05, 3.63) is 35.9 Å². The van der Waals surface area contributed by atoms with Crippen LogP contribution in [0.25, 0.3) is 0 Å². The molecule has 1 aromatic rings. The van der Waals surface area contributed by atoms with Gasteiger partial charge >= 0.3 is 0 Å². The highest BCUT2D eigenvalue weighted by Gasteiger charge is 2.07. The first kappa shape index (κ1) is 10.6. The lowest BCUT2D eigenvalue weighted by Crippen LogP contribution is -2.46. The summed E-state index contributed by atoms with van der Waals surface area (Å²) in [5, 5.41) is 6.82. The number of piperazine rings is 1. The Morgan fingerprint density at radius 2 is 1.87 bits per heavy atom. The highest BCUT2D eigenvalue weighted by atomic mass is 15.2. The monoisotopic (exact) mass is 205 g/mol. The Morgan fingerprint density at radius 1 is 1.13 bits per heavy atom. The van der Waals surface area contributed by atoms with Gasteiger partial charge in [0.1, 0.15) is 0 Å². The molecule has 0 spiro atoms. The summed E-state index contributed by atoms with van der Waals surface area (Å²) in [7, 11) is 0. The van der Waals surface area contributed by atoms with Crippen LogP contribution in [0.3, 0.4) is 0 Å². The Morgan fingerprint density at radius 3 is 2.60 bits per heavy atom. The van der Waals surface area contributed by atoms with E-state index in [2.05, 4.69) is 45.9 Å². The highest BCUT2D eigenvalue weighted by molar-refractivity contribution is 5.14. The van der Waals surface area contributed by atoms with Gasteiger partial charge in [-0.3, -0.25) is 4.90 Å². The summed E-state index contributed by atoms with van der Waals surface area (Å²) in [6, 6.07) is 10.5. The van der Waals surface area contributed by atoms with E-state index in [0.29, 0.717) is 0 Å². The minimum absolute atomic E-state index is 0.963. The molecule has 3 nitrogen and oxygen atoms in total. The third-order valence-corrected chi connectivity index (χ3v) is 2.72. The Kier molecular flexibility index (Phi) is 4.14. The van der Waals surface area contributed by atoms with Crippen LogP contribution in [0.1, 0.15) is 5.56 Å². The topological polar surface area (TPSA) is 27.3 Å². The van der Waals surface area contributed by atoms with E-state index in [4.69, 9.17) is 0 Å². The van der Waals surface area contributed by atoms with Crippen molar-refractivity contribution in [2.24, 2.45) is 0 Å². The predicted octanol–water partition coefficient (Wildman–Crippen LogP) is 0.639. The first-order chi connectivity index (χ1) is 7.45. The summed E-state index contributed by atoms with van der Waals surface area (Å²) in [5.74, 6) is 0. The van der Waals surface area contributed by atoms with Crippen LogP contribution < -0.4 is 10.6 Å². The Hall–Kier alpha value is -0.900. The van der Waals surface area contributed by atoms with E-state index in [1.54, 1.807) is 0 Å². The standard InChI is InChI=1S/C12H19N3/c1-2-4-12(5-3-1)10-14-11-15-8-6-13-7-9-15/h1-5,13-14H,6-11H2. The first-order valence-electron chi connectivity index (χ1n) is 5.63. The van der Waals surface area contributed by atoms with Gasteiger partial charge in [-0.05, 0) is 5.56 Å². The molecule has 3 heteroatoms. The summed E-state index contributed by atoms with van der Waals surface area (Å²) >= 11 is 0. The van der Waals surface area contributed by atoms with Crippen LogP contribution in [0.15, 0.2) is 30.3 Å². The molecule has 1 fully saturated rings. The molecule has 2 rings (SSSR count). The van der Waals surface area contributed by atoms with E-state index >= 15 is 0 Å². The zero-order valence-corrected chi connectivity index (χ0v) is 9.08. The molecule has 82 valence electrons. The van der Waals surface area contributed by atoms with Crippen LogP contribution >= 0.6 is 0 Å². The maximum atomic E-state index is 3.47. The molecule has 0 atom stereocenters. The molecule has 1 aliphatic heterocycles. The summed E-state index contributed by atoms with van der Waals surface area (Å²) in [5.41, 5.74) is 1.35. The van der Waals surface area contributed by atoms with Gasteiger partial charge in [0.25, 0.3) is 0 Å². The van der Waals surface area contributed by atoms with Gasteiger partial charge in [0, 0.05) is 39.4 Å². The van der Waals surface area contributed by atoms with E-state index in [0.717, 1.165) is 39.4 Å². The van der Waals surface area contributed by atoms with Crippen molar-refractivity contribution in [2.75, 3.05) is 32.8 Å². The van der Waals surface area contributed by atoms with Gasteiger partial charge in [-0.15, -0.1) is 0 Å². The van der Waals surface area contributed by atoms with Crippen LogP contribution in [0, 0.1) is 0 Å². The zero-order valence-electron chi connectivity index (χ0n) is 9.08. The van der Waals surface area contributed by atoms with Crippen molar-refractivity contribution in [3.63, 3.8) is 0 Å². The fraction of sp³-hybridized carbons (Fsp3) is 0.500. The molecule has 1 saturated heterocycles. The minimum atomic E-state index is 0.963. The number of nitrogens with zero attached hydrogens (tertiary/aromatic N) is 1. The van der Waals surface area contributed by atoms with Gasteiger partial charge in [0.15, 0.2) is 0 Å². The van der Waals surface area contributed by atoms with Crippen molar-refractivity contribution in [2.45, 2.75) is 6.54 Å². The van der Waals surface area contributed by atoms with Crippen LogP contribution in [0.4, 0.5) is 0 Å². The van der Waals surface area contributed by atoms with Crippen LogP contribution in [-0.4, -0.2) is 37.7 Å². The summed E-state index contributed by atoms with van der Waals surface area (Å²) in [4.78, 5) is 2.44. The smallest absolute Gasteiger partial charge is 0.0484 e. The van der Waals surface area contributed by atoms with E-state index in [9.17, 15) is 0 Å². The van der Waals surface area contributed by atoms with Crippen molar-refractivity contribution in [1.82, 2.24) is 15.5 Å². The average Bonchev–Trinajstić information content (AvgIpc) is 2.32. The van der Waals surface area contributed by atoms with Crippen LogP contribution in [0.5, 0.6) is 0 Å². The van der Waals surface area contributed by atoms with Gasteiger partial charge in [-0.2, -0.15) is 0 Å². The van der Waals surface area contributed by atoms with Gasteiger partial charge in [-0.25, -0.2) is 0 Å². The van der Waals surface area contributed by atoms with Crippen LogP contribution in [0.2, 0.25) is 0 Å². The van der Waals surface area contributed by atoms with E-state index < -0.39 is 0 Å². The second-order valence-electron chi connectivity index (χ2n) is 3.94. The molecule has 0 aliphatic carbocycles. The zero-order chi connectivity index (χ0) is 10.3. The SMILES string of the molecule is c1ccc(CNCN2CCNCC2)cc1. The lowest BCUT2D eigenvalue weighted by Gasteiger charge is -2.27. The van der Waals surface area contributed by atoms with E-state index in [1.165, 1.54) is 5.56 Å². The molecule has 0 bridgehead atoms. The maximum absolute atomic E-state index is 3.47. The predicted molar refractivity (Wildman–Crippen MR) is 62.6 cm³/mol. The molecule has 0 radical (unpaired) electrons. The largest absolute Gasteiger partial charge is 0.314 e. The third-order valence-electron chi connectivity index (χ3n) is 2.72. The van der Waals surface area contributed by atoms with E-state index in [1.807, 2.05) is 0 Å². The number of benzene rings is 1. The van der Waals surface area contributed by atoms with E-state index in [-0.39, 0.29) is 0 Å². The first-order valence-corrected chi connectivity index (χ1v) is 5.63. The number of hydrogen-bond acceptors (Lipinski definition) is 3. The molecular weight excluding hydrogens is 186 g/mol. The highest BCUT2D eigenvalue weighted by Crippen LogP contribution is 1.97. The van der Waals surface area contributed by atoms with Crippen molar-refractivity contribution in [1.29, 1.82) is 0 Å². The lowest BCUT2D eigenvalue weighted by molar-refractivity contribution is 0.223. The number of nitrogens with one attached hydrogen (secondary N) is 2. The maximum Gasteiger partial charge on any atom is 0.0484 e. The van der Waals surface area contributed by atoms with Crippen molar-refractivity contribution in [3.8, 4) is 0 Å². The molecule has 0 unspecified atom stereocenters. The Balaban J connectivity index is 1.66. The van der Waals surface area contributed by atoms with Gasteiger partial charge < -0.3 is 10.6 Å². The molecule has 2 N–H and O–H groups in total. The normalized spacial score (nSPS) is 17.9. The summed E-state index contributed by atoms with van der Waals surface area (Å²) < 4.78 is 0. The lowest BCUT2D eigenvalue weighted by atomic mass is 10.2. The molecule has 0 saturated carbocycles. The number of rotatable bonds is 4. The van der Waals surface area contributed by atoms with Gasteiger partial charge in [-0.1, -0.05) is 30.3 Å².